The summed E-state index contributed by atoms with van der Waals surface area (Å²) in [6, 6.07) is 1.85. The van der Waals surface area contributed by atoms with Crippen LogP contribution in [0.15, 0.2) is 12.3 Å². The van der Waals surface area contributed by atoms with Crippen molar-refractivity contribution in [2.75, 3.05) is 25.0 Å². The van der Waals surface area contributed by atoms with Crippen LogP contribution in [0.2, 0.25) is 0 Å². The fraction of sp³-hybridized carbons (Fsp3) is 0.643. The summed E-state index contributed by atoms with van der Waals surface area (Å²) in [6.45, 7) is 7.23. The zero-order chi connectivity index (χ0) is 14.5. The third-order valence-corrected chi connectivity index (χ3v) is 3.67. The topological polar surface area (TPSA) is 71.3 Å². The highest BCUT2D eigenvalue weighted by Gasteiger charge is 2.22. The van der Waals surface area contributed by atoms with Crippen LogP contribution in [0, 0.1) is 17.0 Å². The molecule has 0 amide bonds. The van der Waals surface area contributed by atoms with Crippen molar-refractivity contribution in [3.63, 3.8) is 0 Å². The van der Waals surface area contributed by atoms with Gasteiger partial charge in [0.15, 0.2) is 0 Å². The number of rotatable bonds is 5. The van der Waals surface area contributed by atoms with E-state index in [2.05, 4.69) is 22.1 Å². The average Bonchev–Trinajstić information content (AvgIpc) is 2.43. The van der Waals surface area contributed by atoms with E-state index in [1.165, 1.54) is 6.42 Å². The van der Waals surface area contributed by atoms with Crippen LogP contribution in [0.5, 0.6) is 0 Å². The number of nitrogens with one attached hydrogen (secondary N) is 1. The lowest BCUT2D eigenvalue weighted by molar-refractivity contribution is -0.384. The molecule has 6 heteroatoms. The smallest absolute Gasteiger partial charge is 0.311 e. The molecular formula is C14H22N4O2. The molecule has 0 saturated carbocycles. The van der Waals surface area contributed by atoms with E-state index in [0.29, 0.717) is 5.82 Å². The van der Waals surface area contributed by atoms with Crippen molar-refractivity contribution in [1.82, 2.24) is 9.88 Å². The number of aryl methyl sites for hydroxylation is 1. The first-order chi connectivity index (χ1) is 9.60. The molecule has 1 N–H and O–H groups in total. The van der Waals surface area contributed by atoms with Gasteiger partial charge in [0.25, 0.3) is 0 Å². The average molecular weight is 278 g/mol. The van der Waals surface area contributed by atoms with Crippen LogP contribution >= 0.6 is 0 Å². The lowest BCUT2D eigenvalue weighted by atomic mass is 10.0. The number of aromatic nitrogens is 1. The van der Waals surface area contributed by atoms with Crippen molar-refractivity contribution in [1.29, 1.82) is 0 Å². The molecule has 2 rings (SSSR count). The van der Waals surface area contributed by atoms with Gasteiger partial charge in [-0.05, 0) is 38.3 Å². The van der Waals surface area contributed by atoms with E-state index in [4.69, 9.17) is 0 Å². The summed E-state index contributed by atoms with van der Waals surface area (Å²) in [5, 5.41) is 14.3. The Balaban J connectivity index is 1.99. The third kappa shape index (κ3) is 3.66. The molecule has 0 aromatic carbocycles. The van der Waals surface area contributed by atoms with Crippen LogP contribution in [-0.4, -0.2) is 40.5 Å². The zero-order valence-electron chi connectivity index (χ0n) is 12.1. The summed E-state index contributed by atoms with van der Waals surface area (Å²) in [5.74, 6) is 0.398. The van der Waals surface area contributed by atoms with Crippen molar-refractivity contribution in [3.05, 3.63) is 27.9 Å². The molecule has 1 aromatic heterocycles. The molecule has 1 fully saturated rings. The van der Waals surface area contributed by atoms with Crippen molar-refractivity contribution in [3.8, 4) is 0 Å². The molecule has 0 spiro atoms. The Labute approximate surface area is 119 Å². The van der Waals surface area contributed by atoms with E-state index in [0.717, 1.165) is 38.0 Å². The number of hydrogen-bond donors (Lipinski definition) is 1. The van der Waals surface area contributed by atoms with Gasteiger partial charge >= 0.3 is 5.69 Å². The zero-order valence-corrected chi connectivity index (χ0v) is 12.1. The lowest BCUT2D eigenvalue weighted by Gasteiger charge is -2.32. The first-order valence-corrected chi connectivity index (χ1v) is 7.20. The normalized spacial score (nSPS) is 17.1. The van der Waals surface area contributed by atoms with Gasteiger partial charge in [-0.15, -0.1) is 0 Å². The van der Waals surface area contributed by atoms with Crippen molar-refractivity contribution >= 4 is 11.5 Å². The quantitative estimate of drug-likeness (QED) is 0.662. The highest BCUT2D eigenvalue weighted by molar-refractivity contribution is 5.57. The molecule has 0 aliphatic carbocycles. The minimum Gasteiger partial charge on any atom is -0.362 e. The fourth-order valence-electron chi connectivity index (χ4n) is 2.61. The summed E-state index contributed by atoms with van der Waals surface area (Å²) in [6.07, 6.45) is 4.85. The van der Waals surface area contributed by atoms with Crippen LogP contribution in [-0.2, 0) is 0 Å². The van der Waals surface area contributed by atoms with Gasteiger partial charge < -0.3 is 10.2 Å². The molecule has 1 aliphatic heterocycles. The third-order valence-electron chi connectivity index (χ3n) is 3.67. The van der Waals surface area contributed by atoms with Gasteiger partial charge in [0, 0.05) is 31.4 Å². The Morgan fingerprint density at radius 1 is 1.50 bits per heavy atom. The molecule has 0 bridgehead atoms. The first kappa shape index (κ1) is 14.7. The molecule has 2 heterocycles. The van der Waals surface area contributed by atoms with Crippen molar-refractivity contribution in [2.45, 2.75) is 39.2 Å². The van der Waals surface area contributed by atoms with Crippen LogP contribution in [0.3, 0.4) is 0 Å². The molecule has 1 aliphatic rings. The number of nitrogens with zero attached hydrogens (tertiary/aromatic N) is 3. The van der Waals surface area contributed by atoms with Crippen molar-refractivity contribution < 1.29 is 4.92 Å². The van der Waals surface area contributed by atoms with E-state index in [9.17, 15) is 10.1 Å². The van der Waals surface area contributed by atoms with E-state index < -0.39 is 0 Å². The fourth-order valence-corrected chi connectivity index (χ4v) is 2.61. The van der Waals surface area contributed by atoms with Gasteiger partial charge in [0.1, 0.15) is 0 Å². The maximum Gasteiger partial charge on any atom is 0.311 e. The van der Waals surface area contributed by atoms with Gasteiger partial charge in [0.2, 0.25) is 5.82 Å². The number of piperidine rings is 1. The predicted octanol–water partition coefficient (Wildman–Crippen LogP) is 2.58. The Morgan fingerprint density at radius 3 is 2.80 bits per heavy atom. The maximum absolute atomic E-state index is 11.1. The Morgan fingerprint density at radius 2 is 2.20 bits per heavy atom. The molecule has 0 unspecified atom stereocenters. The van der Waals surface area contributed by atoms with Crippen molar-refractivity contribution in [2.24, 2.45) is 0 Å². The molecule has 0 atom stereocenters. The first-order valence-electron chi connectivity index (χ1n) is 7.20. The summed E-state index contributed by atoms with van der Waals surface area (Å²) in [5.41, 5.74) is 0.876. The van der Waals surface area contributed by atoms with Crippen LogP contribution < -0.4 is 5.32 Å². The number of nitro groups is 1. The van der Waals surface area contributed by atoms with E-state index in [-0.39, 0.29) is 16.7 Å². The standard InChI is InChI=1S/C14H22N4O2/c1-3-6-17-7-4-12(5-8-17)16-14-13(18(19)20)9-11(2)10-15-14/h9-10,12H,3-8H2,1-2H3,(H,15,16). The molecule has 20 heavy (non-hydrogen) atoms. The number of likely N-dealkylation sites (tertiary alicyclic amines) is 1. The highest BCUT2D eigenvalue weighted by Crippen LogP contribution is 2.25. The predicted molar refractivity (Wildman–Crippen MR) is 79.0 cm³/mol. The summed E-state index contributed by atoms with van der Waals surface area (Å²) in [7, 11) is 0. The Hall–Kier alpha value is -1.69. The molecule has 1 aromatic rings. The SMILES string of the molecule is CCCN1CCC(Nc2ncc(C)cc2[N+](=O)[O-])CC1. The largest absolute Gasteiger partial charge is 0.362 e. The molecule has 1 saturated heterocycles. The molecule has 110 valence electrons. The monoisotopic (exact) mass is 278 g/mol. The number of anilines is 1. The number of pyridine rings is 1. The van der Waals surface area contributed by atoms with Crippen LogP contribution in [0.4, 0.5) is 11.5 Å². The number of hydrogen-bond acceptors (Lipinski definition) is 5. The van der Waals surface area contributed by atoms with Gasteiger partial charge in [-0.2, -0.15) is 0 Å². The summed E-state index contributed by atoms with van der Waals surface area (Å²) in [4.78, 5) is 17.3. The molecular weight excluding hydrogens is 256 g/mol. The maximum atomic E-state index is 11.1. The second kappa shape index (κ2) is 6.65. The molecule has 6 nitrogen and oxygen atoms in total. The van der Waals surface area contributed by atoms with Gasteiger partial charge in [-0.25, -0.2) is 4.98 Å². The highest BCUT2D eigenvalue weighted by atomic mass is 16.6. The summed E-state index contributed by atoms with van der Waals surface area (Å²) >= 11 is 0. The Bertz CT molecular complexity index is 470. The van der Waals surface area contributed by atoms with Gasteiger partial charge in [0.05, 0.1) is 4.92 Å². The van der Waals surface area contributed by atoms with Gasteiger partial charge in [-0.3, -0.25) is 10.1 Å². The minimum atomic E-state index is -0.367. The summed E-state index contributed by atoms with van der Waals surface area (Å²) < 4.78 is 0. The molecule has 0 radical (unpaired) electrons. The van der Waals surface area contributed by atoms with Gasteiger partial charge in [-0.1, -0.05) is 6.92 Å². The second-order valence-electron chi connectivity index (χ2n) is 5.40. The minimum absolute atomic E-state index is 0.0704. The van der Waals surface area contributed by atoms with E-state index >= 15 is 0 Å². The second-order valence-corrected chi connectivity index (χ2v) is 5.40. The van der Waals surface area contributed by atoms with Crippen LogP contribution in [0.25, 0.3) is 0 Å². The van der Waals surface area contributed by atoms with Crippen LogP contribution in [0.1, 0.15) is 31.7 Å². The Kier molecular flexibility index (Phi) is 4.89. The van der Waals surface area contributed by atoms with E-state index in [1.54, 1.807) is 12.3 Å². The lowest BCUT2D eigenvalue weighted by Crippen LogP contribution is -2.39. The van der Waals surface area contributed by atoms with E-state index in [1.807, 2.05) is 6.92 Å².